The lowest BCUT2D eigenvalue weighted by Gasteiger charge is -2.26. The zero-order valence-corrected chi connectivity index (χ0v) is 24.6. The standard InChI is InChI=1S/C18H27NO2.C16H21NO2/c1-2-7-18(20)16-8-10-17(11-9-16)21-15-6-14-19-12-4-3-5-13-19;1-14(18)15-6-8-16(9-7-15)19-13-5-12-17-10-3-2-4-11-17/h8-11H,2-7,12-15H2,1H3;2-3,6-9H,4-5,10-13H2,1H3. The van der Waals surface area contributed by atoms with Crippen molar-refractivity contribution in [3.63, 3.8) is 0 Å². The molecule has 0 aromatic heterocycles. The molecule has 0 radical (unpaired) electrons. The number of benzene rings is 2. The van der Waals surface area contributed by atoms with Crippen LogP contribution < -0.4 is 9.47 Å². The van der Waals surface area contributed by atoms with E-state index in [1.165, 1.54) is 32.4 Å². The number of piperidine rings is 1. The van der Waals surface area contributed by atoms with Crippen molar-refractivity contribution in [1.82, 2.24) is 9.80 Å². The summed E-state index contributed by atoms with van der Waals surface area (Å²) >= 11 is 0. The van der Waals surface area contributed by atoms with E-state index in [1.807, 2.05) is 55.5 Å². The van der Waals surface area contributed by atoms with Crippen molar-refractivity contribution in [3.05, 3.63) is 71.8 Å². The fourth-order valence-electron chi connectivity index (χ4n) is 4.93. The first-order chi connectivity index (χ1) is 19.5. The number of ether oxygens (including phenoxy) is 2. The van der Waals surface area contributed by atoms with Crippen LogP contribution in [0.2, 0.25) is 0 Å². The highest BCUT2D eigenvalue weighted by Gasteiger charge is 2.09. The first-order valence-corrected chi connectivity index (χ1v) is 15.1. The van der Waals surface area contributed by atoms with Gasteiger partial charge in [0.15, 0.2) is 11.6 Å². The van der Waals surface area contributed by atoms with Gasteiger partial charge in [-0.2, -0.15) is 0 Å². The quantitative estimate of drug-likeness (QED) is 0.146. The van der Waals surface area contributed by atoms with E-state index in [1.54, 1.807) is 6.92 Å². The van der Waals surface area contributed by atoms with Gasteiger partial charge in [-0.1, -0.05) is 25.5 Å². The second-order valence-corrected chi connectivity index (χ2v) is 10.6. The molecule has 0 bridgehead atoms. The average molecular weight is 549 g/mol. The lowest BCUT2D eigenvalue weighted by atomic mass is 10.1. The Morgan fingerprint density at radius 2 is 1.30 bits per heavy atom. The van der Waals surface area contributed by atoms with Gasteiger partial charge < -0.3 is 14.4 Å². The van der Waals surface area contributed by atoms with Gasteiger partial charge in [0, 0.05) is 43.7 Å². The molecule has 2 aliphatic heterocycles. The van der Waals surface area contributed by atoms with Gasteiger partial charge in [-0.05, 0) is 107 Å². The van der Waals surface area contributed by atoms with Crippen LogP contribution in [0, 0.1) is 0 Å². The molecule has 218 valence electrons. The number of rotatable bonds is 14. The van der Waals surface area contributed by atoms with E-state index in [9.17, 15) is 9.59 Å². The highest BCUT2D eigenvalue weighted by atomic mass is 16.5. The summed E-state index contributed by atoms with van der Waals surface area (Å²) in [6.07, 6.45) is 13.3. The Kier molecular flexibility index (Phi) is 14.5. The van der Waals surface area contributed by atoms with E-state index >= 15 is 0 Å². The molecule has 0 spiro atoms. The van der Waals surface area contributed by atoms with E-state index in [2.05, 4.69) is 22.0 Å². The molecule has 6 heteroatoms. The number of ketones is 2. The summed E-state index contributed by atoms with van der Waals surface area (Å²) in [6, 6.07) is 14.9. The Morgan fingerprint density at radius 3 is 1.82 bits per heavy atom. The molecule has 0 N–H and O–H groups in total. The summed E-state index contributed by atoms with van der Waals surface area (Å²) in [7, 11) is 0. The SMILES string of the molecule is CC(=O)c1ccc(OCCCN2CC=CCC2)cc1.CCCC(=O)c1ccc(OCCCN2CCCCC2)cc1. The van der Waals surface area contributed by atoms with Gasteiger partial charge in [0.05, 0.1) is 13.2 Å². The normalized spacial score (nSPS) is 15.7. The summed E-state index contributed by atoms with van der Waals surface area (Å²) in [5.41, 5.74) is 1.52. The number of Topliss-reactive ketones (excluding diaryl/α,β-unsaturated/α-hetero) is 2. The molecule has 0 unspecified atom stereocenters. The molecule has 0 saturated carbocycles. The van der Waals surface area contributed by atoms with E-state index in [4.69, 9.17) is 9.47 Å². The van der Waals surface area contributed by atoms with Gasteiger partial charge in [0.2, 0.25) is 0 Å². The van der Waals surface area contributed by atoms with Crippen LogP contribution in [-0.2, 0) is 0 Å². The summed E-state index contributed by atoms with van der Waals surface area (Å²) in [5.74, 6) is 2.00. The summed E-state index contributed by atoms with van der Waals surface area (Å²) < 4.78 is 11.4. The van der Waals surface area contributed by atoms with Crippen LogP contribution in [0.3, 0.4) is 0 Å². The molecule has 4 rings (SSSR count). The number of likely N-dealkylation sites (tertiary alicyclic amines) is 1. The predicted molar refractivity (Wildman–Crippen MR) is 163 cm³/mol. The molecular formula is C34H48N2O4. The Morgan fingerprint density at radius 1 is 0.725 bits per heavy atom. The molecule has 40 heavy (non-hydrogen) atoms. The van der Waals surface area contributed by atoms with Crippen molar-refractivity contribution in [2.24, 2.45) is 0 Å². The number of hydrogen-bond donors (Lipinski definition) is 0. The third kappa shape index (κ3) is 12.1. The largest absolute Gasteiger partial charge is 0.494 e. The van der Waals surface area contributed by atoms with Crippen molar-refractivity contribution < 1.29 is 19.1 Å². The smallest absolute Gasteiger partial charge is 0.162 e. The summed E-state index contributed by atoms with van der Waals surface area (Å²) in [5, 5.41) is 0. The lowest BCUT2D eigenvalue weighted by Crippen LogP contribution is -2.31. The van der Waals surface area contributed by atoms with Crippen LogP contribution in [0.5, 0.6) is 11.5 Å². The van der Waals surface area contributed by atoms with Crippen LogP contribution in [0.25, 0.3) is 0 Å². The van der Waals surface area contributed by atoms with Crippen LogP contribution in [0.15, 0.2) is 60.7 Å². The highest BCUT2D eigenvalue weighted by Crippen LogP contribution is 2.15. The average Bonchev–Trinajstić information content (AvgIpc) is 3.00. The molecule has 2 heterocycles. The van der Waals surface area contributed by atoms with Gasteiger partial charge in [-0.25, -0.2) is 0 Å². The minimum absolute atomic E-state index is 0.0877. The molecule has 0 aliphatic carbocycles. The molecule has 0 amide bonds. The van der Waals surface area contributed by atoms with Gasteiger partial charge in [-0.3, -0.25) is 14.5 Å². The van der Waals surface area contributed by atoms with Crippen molar-refractivity contribution in [3.8, 4) is 11.5 Å². The predicted octanol–water partition coefficient (Wildman–Crippen LogP) is 6.84. The van der Waals surface area contributed by atoms with Crippen LogP contribution >= 0.6 is 0 Å². The fraction of sp³-hybridized carbons (Fsp3) is 0.529. The van der Waals surface area contributed by atoms with Gasteiger partial charge >= 0.3 is 0 Å². The van der Waals surface area contributed by atoms with Crippen LogP contribution in [-0.4, -0.2) is 73.8 Å². The second kappa shape index (κ2) is 18.4. The van der Waals surface area contributed by atoms with E-state index in [0.717, 1.165) is 87.7 Å². The summed E-state index contributed by atoms with van der Waals surface area (Å²) in [4.78, 5) is 27.8. The van der Waals surface area contributed by atoms with Crippen molar-refractivity contribution in [2.75, 3.05) is 52.5 Å². The van der Waals surface area contributed by atoms with Crippen molar-refractivity contribution in [1.29, 1.82) is 0 Å². The third-order valence-electron chi connectivity index (χ3n) is 7.28. The van der Waals surface area contributed by atoms with Gasteiger partial charge in [0.1, 0.15) is 11.5 Å². The van der Waals surface area contributed by atoms with E-state index in [-0.39, 0.29) is 11.6 Å². The molecule has 6 nitrogen and oxygen atoms in total. The van der Waals surface area contributed by atoms with Gasteiger partial charge in [-0.15, -0.1) is 0 Å². The number of hydrogen-bond acceptors (Lipinski definition) is 6. The number of carbonyl (C=O) groups excluding carboxylic acids is 2. The Hall–Kier alpha value is -2.96. The van der Waals surface area contributed by atoms with Crippen molar-refractivity contribution >= 4 is 11.6 Å². The maximum atomic E-state index is 11.7. The van der Waals surface area contributed by atoms with E-state index < -0.39 is 0 Å². The van der Waals surface area contributed by atoms with Gasteiger partial charge in [0.25, 0.3) is 0 Å². The van der Waals surface area contributed by atoms with Crippen molar-refractivity contribution in [2.45, 2.75) is 65.2 Å². The Labute approximate surface area is 241 Å². The molecule has 2 aromatic carbocycles. The minimum atomic E-state index is 0.0877. The number of nitrogens with zero attached hydrogens (tertiary/aromatic N) is 2. The maximum absolute atomic E-state index is 11.7. The summed E-state index contributed by atoms with van der Waals surface area (Å²) in [6.45, 7) is 12.0. The highest BCUT2D eigenvalue weighted by molar-refractivity contribution is 5.96. The molecule has 1 fully saturated rings. The van der Waals surface area contributed by atoms with E-state index in [0.29, 0.717) is 6.42 Å². The lowest BCUT2D eigenvalue weighted by molar-refractivity contribution is 0.0979. The molecule has 2 aliphatic rings. The minimum Gasteiger partial charge on any atom is -0.494 e. The molecule has 1 saturated heterocycles. The van der Waals surface area contributed by atoms with Crippen LogP contribution in [0.4, 0.5) is 0 Å². The first kappa shape index (κ1) is 31.6. The first-order valence-electron chi connectivity index (χ1n) is 15.1. The Balaban J connectivity index is 0.000000222. The topological polar surface area (TPSA) is 59.1 Å². The second-order valence-electron chi connectivity index (χ2n) is 10.6. The maximum Gasteiger partial charge on any atom is 0.162 e. The van der Waals surface area contributed by atoms with Crippen LogP contribution in [0.1, 0.15) is 85.9 Å². The molecule has 2 aromatic rings. The monoisotopic (exact) mass is 548 g/mol. The number of carbonyl (C=O) groups is 2. The molecular weight excluding hydrogens is 500 g/mol. The zero-order chi connectivity index (χ0) is 28.4. The Bertz CT molecular complexity index is 1030. The zero-order valence-electron chi connectivity index (χ0n) is 24.6. The third-order valence-corrected chi connectivity index (χ3v) is 7.28. The fourth-order valence-corrected chi connectivity index (χ4v) is 4.93. The molecule has 0 atom stereocenters.